The van der Waals surface area contributed by atoms with Crippen molar-refractivity contribution in [1.82, 2.24) is 19.9 Å². The van der Waals surface area contributed by atoms with Gasteiger partial charge in [0.05, 0.1) is 18.7 Å². The molecule has 0 spiro atoms. The Morgan fingerprint density at radius 2 is 1.81 bits per heavy atom. The van der Waals surface area contributed by atoms with E-state index in [1.54, 1.807) is 18.5 Å². The van der Waals surface area contributed by atoms with E-state index in [1.165, 1.54) is 16.5 Å². The van der Waals surface area contributed by atoms with Gasteiger partial charge in [-0.15, -0.1) is 0 Å². The van der Waals surface area contributed by atoms with Gasteiger partial charge in [0, 0.05) is 43.6 Å². The fraction of sp³-hybridized carbons (Fsp3) is 0.269. The van der Waals surface area contributed by atoms with E-state index in [4.69, 9.17) is 9.47 Å². The number of ether oxygens (including phenoxy) is 2. The lowest BCUT2D eigenvalue weighted by molar-refractivity contribution is 0.121. The molecule has 1 saturated heterocycles. The molecule has 0 saturated carbocycles. The van der Waals surface area contributed by atoms with Crippen molar-refractivity contribution in [3.8, 4) is 11.8 Å². The zero-order chi connectivity index (χ0) is 21.6. The topological polar surface area (TPSA) is 60.4 Å². The van der Waals surface area contributed by atoms with Gasteiger partial charge < -0.3 is 9.47 Å². The molecule has 0 radical (unpaired) electrons. The molecule has 6 heteroatoms. The van der Waals surface area contributed by atoms with Crippen LogP contribution in [0.1, 0.15) is 11.1 Å². The summed E-state index contributed by atoms with van der Waals surface area (Å²) in [6.07, 6.45) is 6.19. The average Bonchev–Trinajstić information content (AvgIpc) is 3.04. The van der Waals surface area contributed by atoms with Gasteiger partial charge in [-0.2, -0.15) is 0 Å². The molecule has 0 N–H and O–H groups in total. The van der Waals surface area contributed by atoms with Gasteiger partial charge in [-0.05, 0) is 59.9 Å². The molecule has 3 heterocycles. The van der Waals surface area contributed by atoms with Gasteiger partial charge in [0.1, 0.15) is 5.75 Å². The summed E-state index contributed by atoms with van der Waals surface area (Å²) >= 11 is 0. The number of hydrogen-bond donors (Lipinski definition) is 0. The lowest BCUT2D eigenvalue weighted by Crippen LogP contribution is -2.30. The molecule has 6 nitrogen and oxygen atoms in total. The first-order valence-corrected chi connectivity index (χ1v) is 11.0. The molecule has 2 aromatic heterocycles. The van der Waals surface area contributed by atoms with Gasteiger partial charge in [0.15, 0.2) is 0 Å². The minimum absolute atomic E-state index is 0.360. The van der Waals surface area contributed by atoms with Gasteiger partial charge in [-0.3, -0.25) is 9.88 Å². The number of pyridine rings is 1. The van der Waals surface area contributed by atoms with Gasteiger partial charge in [0.2, 0.25) is 0 Å². The number of fused-ring (bicyclic) bond motifs is 1. The van der Waals surface area contributed by atoms with Crippen LogP contribution in [-0.4, -0.2) is 46.2 Å². The fourth-order valence-electron chi connectivity index (χ4n) is 4.21. The van der Waals surface area contributed by atoms with Crippen LogP contribution in [0.3, 0.4) is 0 Å². The van der Waals surface area contributed by atoms with E-state index in [0.29, 0.717) is 11.9 Å². The summed E-state index contributed by atoms with van der Waals surface area (Å²) in [5.74, 6) is 1.20. The molecule has 32 heavy (non-hydrogen) atoms. The van der Waals surface area contributed by atoms with E-state index < -0.39 is 0 Å². The molecule has 0 amide bonds. The molecule has 5 rings (SSSR count). The van der Waals surface area contributed by atoms with E-state index in [2.05, 4.69) is 56.3 Å². The van der Waals surface area contributed by atoms with Gasteiger partial charge in [-0.25, -0.2) is 9.97 Å². The lowest BCUT2D eigenvalue weighted by Gasteiger charge is -2.23. The van der Waals surface area contributed by atoms with Crippen LogP contribution in [0.2, 0.25) is 0 Å². The standard InChI is InChI=1S/C26H26N4O2/c1-4-21(16-24(6-1)32-26-28-10-3-11-29-26)17-30-12-13-31-19-22(18-30)14-20-7-8-25-23(15-20)5-2-9-27-25/h1-11,15-16,22H,12-14,17-19H2/t22-/m1/s1. The first-order valence-electron chi connectivity index (χ1n) is 11.0. The third kappa shape index (κ3) is 5.28. The van der Waals surface area contributed by atoms with Crippen molar-refractivity contribution < 1.29 is 9.47 Å². The summed E-state index contributed by atoms with van der Waals surface area (Å²) < 4.78 is 11.7. The number of aromatic nitrogens is 3. The molecular weight excluding hydrogens is 400 g/mol. The minimum Gasteiger partial charge on any atom is -0.424 e. The molecule has 1 aliphatic rings. The monoisotopic (exact) mass is 426 g/mol. The number of hydrogen-bond acceptors (Lipinski definition) is 6. The van der Waals surface area contributed by atoms with Crippen molar-refractivity contribution in [1.29, 1.82) is 0 Å². The van der Waals surface area contributed by atoms with Crippen LogP contribution in [0, 0.1) is 5.92 Å². The highest BCUT2D eigenvalue weighted by Crippen LogP contribution is 2.22. The Balaban J connectivity index is 1.24. The lowest BCUT2D eigenvalue weighted by atomic mass is 9.98. The highest BCUT2D eigenvalue weighted by molar-refractivity contribution is 5.78. The molecule has 2 aromatic carbocycles. The second-order valence-corrected chi connectivity index (χ2v) is 8.19. The van der Waals surface area contributed by atoms with Crippen molar-refractivity contribution in [3.05, 3.63) is 90.4 Å². The number of rotatable bonds is 6. The maximum absolute atomic E-state index is 5.94. The molecule has 0 bridgehead atoms. The van der Waals surface area contributed by atoms with Gasteiger partial charge in [0.25, 0.3) is 0 Å². The summed E-state index contributed by atoms with van der Waals surface area (Å²) in [4.78, 5) is 15.2. The van der Waals surface area contributed by atoms with Gasteiger partial charge in [-0.1, -0.05) is 24.3 Å². The van der Waals surface area contributed by atoms with Crippen LogP contribution < -0.4 is 4.74 Å². The van der Waals surface area contributed by atoms with Crippen LogP contribution >= 0.6 is 0 Å². The first kappa shape index (κ1) is 20.5. The molecule has 162 valence electrons. The smallest absolute Gasteiger partial charge is 0.321 e. The Morgan fingerprint density at radius 1 is 0.906 bits per heavy atom. The predicted molar refractivity (Wildman–Crippen MR) is 124 cm³/mol. The number of benzene rings is 2. The van der Waals surface area contributed by atoms with Crippen LogP contribution in [0.25, 0.3) is 10.9 Å². The molecule has 1 fully saturated rings. The Kier molecular flexibility index (Phi) is 6.32. The Labute approximate surface area is 187 Å². The van der Waals surface area contributed by atoms with Crippen molar-refractivity contribution >= 4 is 10.9 Å². The van der Waals surface area contributed by atoms with Crippen molar-refractivity contribution in [2.45, 2.75) is 13.0 Å². The fourth-order valence-corrected chi connectivity index (χ4v) is 4.21. The largest absolute Gasteiger partial charge is 0.424 e. The SMILES string of the molecule is c1cnc(Oc2cccc(CN3CCOC[C@H](Cc4ccc5ncccc5c4)C3)c2)nc1. The minimum atomic E-state index is 0.360. The molecule has 0 unspecified atom stereocenters. The zero-order valence-corrected chi connectivity index (χ0v) is 17.9. The Morgan fingerprint density at radius 3 is 2.75 bits per heavy atom. The Hall–Kier alpha value is -3.35. The first-order chi connectivity index (χ1) is 15.8. The summed E-state index contributed by atoms with van der Waals surface area (Å²) in [5, 5.41) is 1.19. The van der Waals surface area contributed by atoms with E-state index in [9.17, 15) is 0 Å². The van der Waals surface area contributed by atoms with Crippen molar-refractivity contribution in [3.63, 3.8) is 0 Å². The number of nitrogens with zero attached hydrogens (tertiary/aromatic N) is 4. The highest BCUT2D eigenvalue weighted by atomic mass is 16.5. The van der Waals surface area contributed by atoms with E-state index in [-0.39, 0.29) is 0 Å². The molecule has 0 aliphatic carbocycles. The third-order valence-electron chi connectivity index (χ3n) is 5.67. The Bertz CT molecular complexity index is 1170. The molecular formula is C26H26N4O2. The summed E-state index contributed by atoms with van der Waals surface area (Å²) in [5.41, 5.74) is 3.58. The van der Waals surface area contributed by atoms with Crippen molar-refractivity contribution in [2.24, 2.45) is 5.92 Å². The maximum Gasteiger partial charge on any atom is 0.321 e. The summed E-state index contributed by atoms with van der Waals surface area (Å²) in [6.45, 7) is 4.32. The summed E-state index contributed by atoms with van der Waals surface area (Å²) in [6, 6.07) is 21.0. The quantitative estimate of drug-likeness (QED) is 0.452. The van der Waals surface area contributed by atoms with Crippen molar-refractivity contribution in [2.75, 3.05) is 26.3 Å². The second kappa shape index (κ2) is 9.85. The third-order valence-corrected chi connectivity index (χ3v) is 5.67. The van der Waals surface area contributed by atoms with Crippen LogP contribution in [0.15, 0.2) is 79.3 Å². The maximum atomic E-state index is 5.94. The van der Waals surface area contributed by atoms with Crippen LogP contribution in [0.4, 0.5) is 0 Å². The van der Waals surface area contributed by atoms with Gasteiger partial charge >= 0.3 is 6.01 Å². The van der Waals surface area contributed by atoms with E-state index in [0.717, 1.165) is 50.5 Å². The average molecular weight is 427 g/mol. The zero-order valence-electron chi connectivity index (χ0n) is 17.9. The molecule has 4 aromatic rings. The molecule has 1 atom stereocenters. The van der Waals surface area contributed by atoms with Crippen LogP contribution in [-0.2, 0) is 17.7 Å². The summed E-state index contributed by atoms with van der Waals surface area (Å²) in [7, 11) is 0. The van der Waals surface area contributed by atoms with E-state index >= 15 is 0 Å². The second-order valence-electron chi connectivity index (χ2n) is 8.19. The van der Waals surface area contributed by atoms with E-state index in [1.807, 2.05) is 24.4 Å². The van der Waals surface area contributed by atoms with Crippen LogP contribution in [0.5, 0.6) is 11.8 Å². The normalized spacial score (nSPS) is 17.2. The predicted octanol–water partition coefficient (Wildman–Crippen LogP) is 4.51. The highest BCUT2D eigenvalue weighted by Gasteiger charge is 2.19. The molecule has 1 aliphatic heterocycles.